The molecule has 0 radical (unpaired) electrons. The predicted octanol–water partition coefficient (Wildman–Crippen LogP) is -1.96. The third-order valence-corrected chi connectivity index (χ3v) is 2.30. The van der Waals surface area contributed by atoms with E-state index in [4.69, 9.17) is 15.9 Å². The number of nitrogens with two attached hydrogens (primary N) is 1. The summed E-state index contributed by atoms with van der Waals surface area (Å²) in [6.07, 6.45) is 0.488. The summed E-state index contributed by atoms with van der Waals surface area (Å²) in [5.41, 5.74) is 5.60. The minimum absolute atomic E-state index is 0.250. The highest BCUT2D eigenvalue weighted by atomic mass is 16.4. The molecular weight excluding hydrogens is 254 g/mol. The molecule has 0 aliphatic heterocycles. The van der Waals surface area contributed by atoms with Crippen LogP contribution in [0.15, 0.2) is 0 Å². The third kappa shape index (κ3) is 7.37. The summed E-state index contributed by atoms with van der Waals surface area (Å²) in [6.45, 7) is 2.73. The molecule has 0 bridgehead atoms. The molecule has 0 aromatic heterocycles. The maximum atomic E-state index is 11.5. The zero-order chi connectivity index (χ0) is 15.0. The molecular formula is C11H21N3O5. The molecule has 0 saturated heterocycles. The Morgan fingerprint density at radius 2 is 1.84 bits per heavy atom. The minimum atomic E-state index is -1.38. The van der Waals surface area contributed by atoms with Gasteiger partial charge in [-0.3, -0.25) is 9.59 Å². The summed E-state index contributed by atoms with van der Waals surface area (Å²) in [4.78, 5) is 33.4. The number of aliphatic carboxylic acids is 1. The standard InChI is InChI=1S/C11H21N3O5/c1-6(2)3-7(12)10(17)13-4-9(16)14-8(5-15)11(18)19/h6-8,15H,3-5,12H2,1-2H3,(H,13,17)(H,14,16)(H,18,19)/t7-,8-/m0/s1. The minimum Gasteiger partial charge on any atom is -0.480 e. The number of carboxylic acid groups (broad SMARTS) is 1. The molecule has 110 valence electrons. The van der Waals surface area contributed by atoms with Gasteiger partial charge >= 0.3 is 5.97 Å². The maximum Gasteiger partial charge on any atom is 0.328 e. The van der Waals surface area contributed by atoms with Gasteiger partial charge in [0.1, 0.15) is 6.04 Å². The van der Waals surface area contributed by atoms with Crippen molar-refractivity contribution in [3.05, 3.63) is 0 Å². The molecule has 0 aromatic rings. The molecule has 0 saturated carbocycles. The number of rotatable bonds is 8. The quantitative estimate of drug-likeness (QED) is 0.348. The number of carboxylic acids is 1. The van der Waals surface area contributed by atoms with E-state index in [2.05, 4.69) is 10.6 Å². The highest BCUT2D eigenvalue weighted by Gasteiger charge is 2.20. The first-order chi connectivity index (χ1) is 8.77. The van der Waals surface area contributed by atoms with Crippen molar-refractivity contribution in [2.24, 2.45) is 11.7 Å². The Kier molecular flexibility index (Phi) is 7.69. The van der Waals surface area contributed by atoms with E-state index in [0.717, 1.165) is 0 Å². The van der Waals surface area contributed by atoms with Crippen LogP contribution in [-0.4, -0.2) is 53.2 Å². The van der Waals surface area contributed by atoms with Crippen LogP contribution in [-0.2, 0) is 14.4 Å². The molecule has 0 rings (SSSR count). The van der Waals surface area contributed by atoms with Gasteiger partial charge in [0.25, 0.3) is 0 Å². The Balaban J connectivity index is 4.09. The summed E-state index contributed by atoms with van der Waals surface area (Å²) in [5.74, 6) is -2.27. The lowest BCUT2D eigenvalue weighted by atomic mass is 10.0. The van der Waals surface area contributed by atoms with E-state index < -0.39 is 36.5 Å². The van der Waals surface area contributed by atoms with E-state index in [1.807, 2.05) is 13.8 Å². The normalized spacial score (nSPS) is 13.7. The number of aliphatic hydroxyl groups excluding tert-OH is 1. The number of amides is 2. The van der Waals surface area contributed by atoms with Gasteiger partial charge < -0.3 is 26.6 Å². The highest BCUT2D eigenvalue weighted by Crippen LogP contribution is 2.02. The summed E-state index contributed by atoms with van der Waals surface area (Å²) in [7, 11) is 0. The monoisotopic (exact) mass is 275 g/mol. The van der Waals surface area contributed by atoms with E-state index in [9.17, 15) is 14.4 Å². The molecule has 0 aromatic carbocycles. The predicted molar refractivity (Wildman–Crippen MR) is 67.1 cm³/mol. The molecule has 0 aliphatic rings. The van der Waals surface area contributed by atoms with Crippen LogP contribution >= 0.6 is 0 Å². The Morgan fingerprint density at radius 3 is 2.26 bits per heavy atom. The largest absolute Gasteiger partial charge is 0.480 e. The zero-order valence-corrected chi connectivity index (χ0v) is 11.0. The Labute approximate surface area is 111 Å². The lowest BCUT2D eigenvalue weighted by Gasteiger charge is -2.15. The second-order valence-corrected chi connectivity index (χ2v) is 4.59. The molecule has 8 heteroatoms. The van der Waals surface area contributed by atoms with E-state index in [1.54, 1.807) is 0 Å². The summed E-state index contributed by atoms with van der Waals surface area (Å²) >= 11 is 0. The van der Waals surface area contributed by atoms with E-state index in [0.29, 0.717) is 6.42 Å². The van der Waals surface area contributed by atoms with Gasteiger partial charge in [-0.15, -0.1) is 0 Å². The molecule has 0 heterocycles. The molecule has 2 atom stereocenters. The van der Waals surface area contributed by atoms with Gasteiger partial charge in [0.05, 0.1) is 19.2 Å². The van der Waals surface area contributed by atoms with Gasteiger partial charge in [-0.2, -0.15) is 0 Å². The molecule has 19 heavy (non-hydrogen) atoms. The van der Waals surface area contributed by atoms with Gasteiger partial charge in [-0.05, 0) is 12.3 Å². The Morgan fingerprint density at radius 1 is 1.26 bits per heavy atom. The van der Waals surface area contributed by atoms with Crippen molar-refractivity contribution < 1.29 is 24.6 Å². The molecule has 0 fully saturated rings. The fraction of sp³-hybridized carbons (Fsp3) is 0.727. The summed E-state index contributed by atoms with van der Waals surface area (Å²) in [6, 6.07) is -2.09. The summed E-state index contributed by atoms with van der Waals surface area (Å²) < 4.78 is 0. The van der Waals surface area contributed by atoms with Crippen LogP contribution in [0.25, 0.3) is 0 Å². The number of hydrogen-bond acceptors (Lipinski definition) is 5. The second kappa shape index (κ2) is 8.44. The van der Waals surface area contributed by atoms with E-state index >= 15 is 0 Å². The molecule has 2 amide bonds. The molecule has 8 nitrogen and oxygen atoms in total. The van der Waals surface area contributed by atoms with Crippen molar-refractivity contribution >= 4 is 17.8 Å². The average molecular weight is 275 g/mol. The SMILES string of the molecule is CC(C)C[C@H](N)C(=O)NCC(=O)N[C@@H](CO)C(=O)O. The van der Waals surface area contributed by atoms with Crippen LogP contribution in [0.3, 0.4) is 0 Å². The number of carbonyl (C=O) groups excluding carboxylic acids is 2. The van der Waals surface area contributed by atoms with Crippen molar-refractivity contribution in [3.63, 3.8) is 0 Å². The van der Waals surface area contributed by atoms with Crippen LogP contribution in [0.1, 0.15) is 20.3 Å². The Hall–Kier alpha value is -1.67. The van der Waals surface area contributed by atoms with Crippen molar-refractivity contribution in [2.75, 3.05) is 13.2 Å². The Bertz CT molecular complexity index is 332. The number of carbonyl (C=O) groups is 3. The van der Waals surface area contributed by atoms with Crippen molar-refractivity contribution in [3.8, 4) is 0 Å². The zero-order valence-electron chi connectivity index (χ0n) is 11.0. The van der Waals surface area contributed by atoms with Crippen molar-refractivity contribution in [1.82, 2.24) is 10.6 Å². The van der Waals surface area contributed by atoms with Gasteiger partial charge in [-0.1, -0.05) is 13.8 Å². The first-order valence-electron chi connectivity index (χ1n) is 5.94. The van der Waals surface area contributed by atoms with E-state index in [1.165, 1.54) is 0 Å². The first-order valence-corrected chi connectivity index (χ1v) is 5.94. The van der Waals surface area contributed by atoms with Crippen molar-refractivity contribution in [1.29, 1.82) is 0 Å². The first kappa shape index (κ1) is 17.3. The van der Waals surface area contributed by atoms with Crippen LogP contribution in [0.5, 0.6) is 0 Å². The number of hydrogen-bond donors (Lipinski definition) is 5. The molecule has 6 N–H and O–H groups in total. The topological polar surface area (TPSA) is 142 Å². The fourth-order valence-electron chi connectivity index (χ4n) is 1.34. The van der Waals surface area contributed by atoms with Gasteiger partial charge in [0.2, 0.25) is 11.8 Å². The van der Waals surface area contributed by atoms with Crippen LogP contribution in [0.4, 0.5) is 0 Å². The van der Waals surface area contributed by atoms with Gasteiger partial charge in [-0.25, -0.2) is 4.79 Å². The van der Waals surface area contributed by atoms with Crippen molar-refractivity contribution in [2.45, 2.75) is 32.4 Å². The lowest BCUT2D eigenvalue weighted by molar-refractivity contribution is -0.142. The molecule has 0 aliphatic carbocycles. The maximum absolute atomic E-state index is 11.5. The van der Waals surface area contributed by atoms with Crippen LogP contribution < -0.4 is 16.4 Å². The molecule has 0 unspecified atom stereocenters. The number of aliphatic hydroxyl groups is 1. The van der Waals surface area contributed by atoms with Crippen LogP contribution in [0.2, 0.25) is 0 Å². The fourth-order valence-corrected chi connectivity index (χ4v) is 1.34. The number of nitrogens with one attached hydrogen (secondary N) is 2. The molecule has 0 spiro atoms. The highest BCUT2D eigenvalue weighted by molar-refractivity contribution is 5.89. The van der Waals surface area contributed by atoms with E-state index in [-0.39, 0.29) is 12.5 Å². The third-order valence-electron chi connectivity index (χ3n) is 2.30. The average Bonchev–Trinajstić information content (AvgIpc) is 2.31. The van der Waals surface area contributed by atoms with Gasteiger partial charge in [0, 0.05) is 0 Å². The summed E-state index contributed by atoms with van der Waals surface area (Å²) in [5, 5.41) is 21.7. The smallest absolute Gasteiger partial charge is 0.328 e. The van der Waals surface area contributed by atoms with Gasteiger partial charge in [0.15, 0.2) is 0 Å². The second-order valence-electron chi connectivity index (χ2n) is 4.59. The van der Waals surface area contributed by atoms with Crippen LogP contribution in [0, 0.1) is 5.92 Å². The lowest BCUT2D eigenvalue weighted by Crippen LogP contribution is -2.49.